The second-order valence-corrected chi connectivity index (χ2v) is 6.60. The molecule has 2 N–H and O–H groups in total. The van der Waals surface area contributed by atoms with Gasteiger partial charge in [0.2, 0.25) is 5.91 Å². The molecule has 4 nitrogen and oxygen atoms in total. The molecule has 1 rings (SSSR count). The maximum Gasteiger partial charge on any atom is 0.227 e. The van der Waals surface area contributed by atoms with Gasteiger partial charge in [0.1, 0.15) is 5.75 Å². The van der Waals surface area contributed by atoms with Crippen LogP contribution < -0.4 is 10.5 Å². The Bertz CT molecular complexity index is 494. The van der Waals surface area contributed by atoms with Crippen LogP contribution in [-0.4, -0.2) is 37.6 Å². The number of rotatable bonds is 12. The van der Waals surface area contributed by atoms with Crippen molar-refractivity contribution in [3.63, 3.8) is 0 Å². The Morgan fingerprint density at radius 1 is 1.17 bits per heavy atom. The summed E-state index contributed by atoms with van der Waals surface area (Å²) < 4.78 is 5.27. The Morgan fingerprint density at radius 3 is 2.54 bits per heavy atom. The summed E-state index contributed by atoms with van der Waals surface area (Å²) in [5, 5.41) is 0. The zero-order valence-corrected chi connectivity index (χ0v) is 16.0. The van der Waals surface area contributed by atoms with E-state index in [-0.39, 0.29) is 5.91 Å². The molecule has 0 aromatic heterocycles. The SMILES string of the molecule is CCCCCCCCN(CCN)C(=O)Cc1ccc(S)c(OC)c1. The molecule has 0 heterocycles. The largest absolute Gasteiger partial charge is 0.496 e. The predicted molar refractivity (Wildman–Crippen MR) is 103 cm³/mol. The normalized spacial score (nSPS) is 10.7. The number of carbonyl (C=O) groups excluding carboxylic acids is 1. The summed E-state index contributed by atoms with van der Waals surface area (Å²) >= 11 is 4.33. The lowest BCUT2D eigenvalue weighted by Crippen LogP contribution is -2.37. The number of hydrogen-bond acceptors (Lipinski definition) is 4. The number of benzene rings is 1. The predicted octanol–water partition coefficient (Wildman–Crippen LogP) is 3.67. The Labute approximate surface area is 152 Å². The first kappa shape index (κ1) is 20.8. The van der Waals surface area contributed by atoms with E-state index in [1.165, 1.54) is 32.1 Å². The maximum atomic E-state index is 12.6. The van der Waals surface area contributed by atoms with Gasteiger partial charge in [-0.2, -0.15) is 0 Å². The Hall–Kier alpha value is -1.20. The van der Waals surface area contributed by atoms with E-state index in [4.69, 9.17) is 10.5 Å². The number of amides is 1. The van der Waals surface area contributed by atoms with Gasteiger partial charge in [0.05, 0.1) is 13.5 Å². The van der Waals surface area contributed by atoms with Crippen LogP contribution in [0.15, 0.2) is 23.1 Å². The molecule has 0 radical (unpaired) electrons. The fourth-order valence-corrected chi connectivity index (χ4v) is 2.95. The number of hydrogen-bond donors (Lipinski definition) is 2. The molecule has 0 spiro atoms. The first-order chi connectivity index (χ1) is 11.6. The van der Waals surface area contributed by atoms with Crippen molar-refractivity contribution in [1.82, 2.24) is 4.90 Å². The fraction of sp³-hybridized carbons (Fsp3) is 0.632. The van der Waals surface area contributed by atoms with E-state index in [1.54, 1.807) is 7.11 Å². The molecule has 0 fully saturated rings. The van der Waals surface area contributed by atoms with Crippen LogP contribution in [0.2, 0.25) is 0 Å². The molecule has 0 aliphatic rings. The summed E-state index contributed by atoms with van der Waals surface area (Å²) in [6, 6.07) is 5.67. The highest BCUT2D eigenvalue weighted by atomic mass is 32.1. The van der Waals surface area contributed by atoms with E-state index in [0.29, 0.717) is 25.3 Å². The average Bonchev–Trinajstić information content (AvgIpc) is 2.58. The number of carbonyl (C=O) groups is 1. The zero-order chi connectivity index (χ0) is 17.8. The van der Waals surface area contributed by atoms with Crippen molar-refractivity contribution in [3.05, 3.63) is 23.8 Å². The van der Waals surface area contributed by atoms with E-state index in [0.717, 1.165) is 23.4 Å². The third kappa shape index (κ3) is 7.58. The molecule has 0 saturated heterocycles. The van der Waals surface area contributed by atoms with Gasteiger partial charge in [-0.05, 0) is 24.1 Å². The quantitative estimate of drug-likeness (QED) is 0.446. The number of thiol groups is 1. The summed E-state index contributed by atoms with van der Waals surface area (Å²) in [4.78, 5) is 15.2. The van der Waals surface area contributed by atoms with E-state index in [2.05, 4.69) is 19.6 Å². The minimum Gasteiger partial charge on any atom is -0.496 e. The van der Waals surface area contributed by atoms with Gasteiger partial charge in [-0.3, -0.25) is 4.79 Å². The molecule has 0 unspecified atom stereocenters. The summed E-state index contributed by atoms with van der Waals surface area (Å²) in [6.07, 6.45) is 7.70. The highest BCUT2D eigenvalue weighted by Gasteiger charge is 2.14. The molecule has 0 atom stereocenters. The molecular weight excluding hydrogens is 320 g/mol. The molecule has 1 amide bonds. The molecule has 24 heavy (non-hydrogen) atoms. The van der Waals surface area contributed by atoms with Crippen LogP contribution in [0.4, 0.5) is 0 Å². The van der Waals surface area contributed by atoms with Crippen molar-refractivity contribution in [2.24, 2.45) is 5.73 Å². The number of nitrogens with two attached hydrogens (primary N) is 1. The second-order valence-electron chi connectivity index (χ2n) is 6.12. The van der Waals surface area contributed by atoms with Crippen molar-refractivity contribution < 1.29 is 9.53 Å². The molecule has 0 saturated carbocycles. The van der Waals surface area contributed by atoms with Crippen LogP contribution in [0.1, 0.15) is 51.0 Å². The molecule has 1 aromatic carbocycles. The number of nitrogens with zero attached hydrogens (tertiary/aromatic N) is 1. The van der Waals surface area contributed by atoms with Gasteiger partial charge in [0.15, 0.2) is 0 Å². The Morgan fingerprint density at radius 2 is 1.88 bits per heavy atom. The van der Waals surface area contributed by atoms with Gasteiger partial charge >= 0.3 is 0 Å². The average molecular weight is 353 g/mol. The van der Waals surface area contributed by atoms with Crippen LogP contribution in [-0.2, 0) is 11.2 Å². The summed E-state index contributed by atoms with van der Waals surface area (Å²) in [5.74, 6) is 0.827. The monoisotopic (exact) mass is 352 g/mol. The van der Waals surface area contributed by atoms with Gasteiger partial charge in [0.25, 0.3) is 0 Å². The van der Waals surface area contributed by atoms with Crippen molar-refractivity contribution >= 4 is 18.5 Å². The number of methoxy groups -OCH3 is 1. The third-order valence-electron chi connectivity index (χ3n) is 4.13. The molecule has 5 heteroatoms. The van der Waals surface area contributed by atoms with Crippen LogP contribution in [0.5, 0.6) is 5.75 Å². The summed E-state index contributed by atoms with van der Waals surface area (Å²) in [5.41, 5.74) is 6.62. The molecule has 1 aromatic rings. The Balaban J connectivity index is 2.50. The number of ether oxygens (including phenoxy) is 1. The number of unbranched alkanes of at least 4 members (excludes halogenated alkanes) is 5. The minimum atomic E-state index is 0.128. The molecule has 0 bridgehead atoms. The van der Waals surface area contributed by atoms with Gasteiger partial charge < -0.3 is 15.4 Å². The van der Waals surface area contributed by atoms with E-state index >= 15 is 0 Å². The highest BCUT2D eigenvalue weighted by Crippen LogP contribution is 2.23. The van der Waals surface area contributed by atoms with Crippen molar-refractivity contribution in [2.45, 2.75) is 56.8 Å². The zero-order valence-electron chi connectivity index (χ0n) is 15.1. The van der Waals surface area contributed by atoms with E-state index in [9.17, 15) is 4.79 Å². The lowest BCUT2D eigenvalue weighted by atomic mass is 10.1. The van der Waals surface area contributed by atoms with Gasteiger partial charge in [-0.15, -0.1) is 12.6 Å². The van der Waals surface area contributed by atoms with Gasteiger partial charge in [-0.25, -0.2) is 0 Å². The first-order valence-electron chi connectivity index (χ1n) is 8.96. The molecule has 0 aliphatic heterocycles. The fourth-order valence-electron chi connectivity index (χ4n) is 2.72. The first-order valence-corrected chi connectivity index (χ1v) is 9.40. The van der Waals surface area contributed by atoms with Gasteiger partial charge in [-0.1, -0.05) is 45.1 Å². The van der Waals surface area contributed by atoms with Crippen LogP contribution in [0.25, 0.3) is 0 Å². The molecular formula is C19H32N2O2S. The molecule has 0 aliphatic carbocycles. The van der Waals surface area contributed by atoms with Crippen molar-refractivity contribution in [1.29, 1.82) is 0 Å². The minimum absolute atomic E-state index is 0.128. The Kier molecular flexibility index (Phi) is 10.6. The van der Waals surface area contributed by atoms with Gasteiger partial charge in [0, 0.05) is 24.5 Å². The van der Waals surface area contributed by atoms with Crippen LogP contribution in [0.3, 0.4) is 0 Å². The van der Waals surface area contributed by atoms with E-state index in [1.807, 2.05) is 23.1 Å². The summed E-state index contributed by atoms with van der Waals surface area (Å²) in [7, 11) is 1.61. The van der Waals surface area contributed by atoms with Crippen molar-refractivity contribution in [3.8, 4) is 5.75 Å². The highest BCUT2D eigenvalue weighted by molar-refractivity contribution is 7.80. The smallest absolute Gasteiger partial charge is 0.227 e. The lowest BCUT2D eigenvalue weighted by molar-refractivity contribution is -0.130. The summed E-state index contributed by atoms with van der Waals surface area (Å²) in [6.45, 7) is 4.14. The standard InChI is InChI=1S/C19H32N2O2S/c1-3-4-5-6-7-8-12-21(13-11-20)19(22)15-16-9-10-18(24)17(14-16)23-2/h9-10,14,24H,3-8,11-13,15,20H2,1-2H3. The third-order valence-corrected chi connectivity index (χ3v) is 4.50. The van der Waals surface area contributed by atoms with Crippen LogP contribution in [0, 0.1) is 0 Å². The van der Waals surface area contributed by atoms with Crippen molar-refractivity contribution in [2.75, 3.05) is 26.7 Å². The second kappa shape index (κ2) is 12.2. The maximum absolute atomic E-state index is 12.6. The van der Waals surface area contributed by atoms with E-state index < -0.39 is 0 Å². The van der Waals surface area contributed by atoms with Crippen LogP contribution >= 0.6 is 12.6 Å². The topological polar surface area (TPSA) is 55.6 Å². The molecule has 136 valence electrons. The lowest BCUT2D eigenvalue weighted by Gasteiger charge is -2.22.